The maximum Gasteiger partial charge on any atom is 0.167 e. The number of rotatable bonds is 2. The first-order chi connectivity index (χ1) is 7.99. The van der Waals surface area contributed by atoms with Gasteiger partial charge >= 0.3 is 0 Å². The quantitative estimate of drug-likeness (QED) is 0.821. The highest BCUT2D eigenvalue weighted by atomic mass is 35.5. The Morgan fingerprint density at radius 1 is 1.22 bits per heavy atom. The van der Waals surface area contributed by atoms with Crippen molar-refractivity contribution in [1.82, 2.24) is 4.90 Å². The fraction of sp³-hybridized carbons (Fsp3) is 0.533. The van der Waals surface area contributed by atoms with Gasteiger partial charge in [-0.1, -0.05) is 6.07 Å². The van der Waals surface area contributed by atoms with Crippen LogP contribution in [0.25, 0.3) is 0 Å². The first kappa shape index (κ1) is 15.2. The van der Waals surface area contributed by atoms with E-state index in [9.17, 15) is 4.79 Å². The monoisotopic (exact) mass is 267 g/mol. The maximum absolute atomic E-state index is 12.4. The van der Waals surface area contributed by atoms with Crippen LogP contribution in [0.5, 0.6) is 0 Å². The molecule has 0 N–H and O–H groups in total. The van der Waals surface area contributed by atoms with Crippen LogP contribution in [0.15, 0.2) is 12.1 Å². The molecule has 100 valence electrons. The smallest absolute Gasteiger partial charge is 0.167 e. The third-order valence-corrected chi connectivity index (χ3v) is 3.70. The van der Waals surface area contributed by atoms with E-state index in [1.54, 1.807) is 0 Å². The van der Waals surface area contributed by atoms with Gasteiger partial charge in [-0.2, -0.15) is 0 Å². The average Bonchev–Trinajstić information content (AvgIpc) is 2.25. The van der Waals surface area contributed by atoms with Crippen molar-refractivity contribution < 1.29 is 4.79 Å². The number of fused-ring (bicyclic) bond motifs is 1. The Labute approximate surface area is 116 Å². The lowest BCUT2D eigenvalue weighted by molar-refractivity contribution is 0.0877. The van der Waals surface area contributed by atoms with Gasteiger partial charge in [0, 0.05) is 18.0 Å². The van der Waals surface area contributed by atoms with Gasteiger partial charge in [-0.25, -0.2) is 0 Å². The second-order valence-electron chi connectivity index (χ2n) is 5.46. The third-order valence-electron chi connectivity index (χ3n) is 3.70. The second kappa shape index (κ2) is 5.85. The zero-order valence-corrected chi connectivity index (χ0v) is 12.4. The molecule has 1 atom stereocenters. The minimum atomic E-state index is 0. The molecule has 0 aliphatic heterocycles. The van der Waals surface area contributed by atoms with Crippen molar-refractivity contribution in [3.8, 4) is 0 Å². The molecule has 3 heteroatoms. The first-order valence-corrected chi connectivity index (χ1v) is 6.28. The topological polar surface area (TPSA) is 20.3 Å². The van der Waals surface area contributed by atoms with Gasteiger partial charge in [-0.05, 0) is 63.5 Å². The molecule has 0 bridgehead atoms. The zero-order valence-electron chi connectivity index (χ0n) is 11.6. The number of aryl methyl sites for hydroxylation is 3. The van der Waals surface area contributed by atoms with Gasteiger partial charge in [0.25, 0.3) is 0 Å². The number of hydrogen-bond donors (Lipinski definition) is 0. The Kier molecular flexibility index (Phi) is 4.94. The van der Waals surface area contributed by atoms with Crippen molar-refractivity contribution in [2.45, 2.75) is 26.7 Å². The Balaban J connectivity index is 0.00000162. The number of nitrogens with zero attached hydrogens (tertiary/aromatic N) is 1. The molecule has 1 unspecified atom stereocenters. The highest BCUT2D eigenvalue weighted by Gasteiger charge is 2.27. The van der Waals surface area contributed by atoms with Crippen molar-refractivity contribution in [2.75, 3.05) is 20.6 Å². The summed E-state index contributed by atoms with van der Waals surface area (Å²) in [5.41, 5.74) is 4.73. The SMILES string of the molecule is Cc1cc2c(cc1C)C(=O)C(CN(C)C)CC2.Cl. The molecule has 18 heavy (non-hydrogen) atoms. The molecular weight excluding hydrogens is 246 g/mol. The molecule has 1 aliphatic carbocycles. The fourth-order valence-electron chi connectivity index (χ4n) is 2.61. The molecule has 0 radical (unpaired) electrons. The summed E-state index contributed by atoms with van der Waals surface area (Å²) < 4.78 is 0. The molecule has 1 aliphatic rings. The summed E-state index contributed by atoms with van der Waals surface area (Å²) in [5, 5.41) is 0. The van der Waals surface area contributed by atoms with Crippen LogP contribution < -0.4 is 0 Å². The molecule has 0 saturated carbocycles. The van der Waals surface area contributed by atoms with Crippen LogP contribution >= 0.6 is 12.4 Å². The summed E-state index contributed by atoms with van der Waals surface area (Å²) in [6.07, 6.45) is 2.03. The summed E-state index contributed by atoms with van der Waals surface area (Å²) in [5.74, 6) is 0.516. The lowest BCUT2D eigenvalue weighted by Crippen LogP contribution is -2.31. The first-order valence-electron chi connectivity index (χ1n) is 6.28. The third kappa shape index (κ3) is 2.93. The van der Waals surface area contributed by atoms with Crippen LogP contribution in [0.4, 0.5) is 0 Å². The van der Waals surface area contributed by atoms with Crippen LogP contribution in [0, 0.1) is 19.8 Å². The van der Waals surface area contributed by atoms with Crippen molar-refractivity contribution >= 4 is 18.2 Å². The van der Waals surface area contributed by atoms with Crippen molar-refractivity contribution in [3.05, 3.63) is 34.4 Å². The summed E-state index contributed by atoms with van der Waals surface area (Å²) in [7, 11) is 4.06. The standard InChI is InChI=1S/C15H21NO.ClH/c1-10-7-12-5-6-13(9-16(3)4)15(17)14(12)8-11(10)2;/h7-8,13H,5-6,9H2,1-4H3;1H. The van der Waals surface area contributed by atoms with Crippen molar-refractivity contribution in [1.29, 1.82) is 0 Å². The molecule has 0 spiro atoms. The summed E-state index contributed by atoms with van der Waals surface area (Å²) >= 11 is 0. The number of carbonyl (C=O) groups is 1. The van der Waals surface area contributed by atoms with E-state index in [0.717, 1.165) is 24.9 Å². The molecule has 0 aromatic heterocycles. The molecule has 2 rings (SSSR count). The molecule has 0 heterocycles. The van der Waals surface area contributed by atoms with Gasteiger partial charge < -0.3 is 4.90 Å². The number of benzene rings is 1. The molecule has 0 saturated heterocycles. The van der Waals surface area contributed by atoms with Crippen LogP contribution in [0.1, 0.15) is 33.5 Å². The Hall–Kier alpha value is -0.860. The summed E-state index contributed by atoms with van der Waals surface area (Å²) in [6, 6.07) is 4.27. The van der Waals surface area contributed by atoms with E-state index in [0.29, 0.717) is 5.78 Å². The fourth-order valence-corrected chi connectivity index (χ4v) is 2.61. The number of halogens is 1. The van der Waals surface area contributed by atoms with E-state index in [-0.39, 0.29) is 18.3 Å². The number of hydrogen-bond acceptors (Lipinski definition) is 2. The van der Waals surface area contributed by atoms with Crippen molar-refractivity contribution in [2.24, 2.45) is 5.92 Å². The van der Waals surface area contributed by atoms with E-state index >= 15 is 0 Å². The minimum Gasteiger partial charge on any atom is -0.309 e. The average molecular weight is 268 g/mol. The Bertz CT molecular complexity index is 454. The predicted molar refractivity (Wildman–Crippen MR) is 77.9 cm³/mol. The van der Waals surface area contributed by atoms with Gasteiger partial charge in [-0.15, -0.1) is 12.4 Å². The van der Waals surface area contributed by atoms with E-state index in [2.05, 4.69) is 30.9 Å². The number of ketones is 1. The molecule has 0 amide bonds. The summed E-state index contributed by atoms with van der Waals surface area (Å²) in [6.45, 7) is 5.07. The van der Waals surface area contributed by atoms with Gasteiger partial charge in [0.05, 0.1) is 0 Å². The van der Waals surface area contributed by atoms with E-state index in [1.165, 1.54) is 16.7 Å². The van der Waals surface area contributed by atoms with Crippen LogP contribution in [-0.2, 0) is 6.42 Å². The largest absolute Gasteiger partial charge is 0.309 e. The zero-order chi connectivity index (χ0) is 12.6. The Morgan fingerprint density at radius 3 is 2.44 bits per heavy atom. The number of Topliss-reactive ketones (excluding diaryl/α,β-unsaturated/α-hetero) is 1. The number of carbonyl (C=O) groups excluding carboxylic acids is 1. The highest BCUT2D eigenvalue weighted by Crippen LogP contribution is 2.28. The predicted octanol–water partition coefficient (Wildman–Crippen LogP) is 3.03. The summed E-state index contributed by atoms with van der Waals surface area (Å²) in [4.78, 5) is 14.5. The molecule has 1 aromatic rings. The molecular formula is C15H22ClNO. The normalized spacial score (nSPS) is 18.5. The van der Waals surface area contributed by atoms with Gasteiger partial charge in [0.2, 0.25) is 0 Å². The second-order valence-corrected chi connectivity index (χ2v) is 5.46. The molecule has 1 aromatic carbocycles. The van der Waals surface area contributed by atoms with Gasteiger partial charge in [-0.3, -0.25) is 4.79 Å². The maximum atomic E-state index is 12.4. The van der Waals surface area contributed by atoms with Crippen LogP contribution in [-0.4, -0.2) is 31.3 Å². The van der Waals surface area contributed by atoms with E-state index in [1.807, 2.05) is 14.1 Å². The Morgan fingerprint density at radius 2 is 1.83 bits per heavy atom. The van der Waals surface area contributed by atoms with Gasteiger partial charge in [0.1, 0.15) is 0 Å². The minimum absolute atomic E-state index is 0. The lowest BCUT2D eigenvalue weighted by Gasteiger charge is -2.26. The molecule has 0 fully saturated rings. The molecule has 2 nitrogen and oxygen atoms in total. The highest BCUT2D eigenvalue weighted by molar-refractivity contribution is 6.00. The van der Waals surface area contributed by atoms with E-state index < -0.39 is 0 Å². The van der Waals surface area contributed by atoms with Crippen molar-refractivity contribution in [3.63, 3.8) is 0 Å². The van der Waals surface area contributed by atoms with Crippen LogP contribution in [0.2, 0.25) is 0 Å². The lowest BCUT2D eigenvalue weighted by atomic mass is 9.81. The van der Waals surface area contributed by atoms with E-state index in [4.69, 9.17) is 0 Å². The van der Waals surface area contributed by atoms with Crippen LogP contribution in [0.3, 0.4) is 0 Å². The van der Waals surface area contributed by atoms with Gasteiger partial charge in [0.15, 0.2) is 5.78 Å².